The summed E-state index contributed by atoms with van der Waals surface area (Å²) in [7, 11) is 3.12. The van der Waals surface area contributed by atoms with Gasteiger partial charge >= 0.3 is 0 Å². The first kappa shape index (κ1) is 14.4. The van der Waals surface area contributed by atoms with E-state index in [0.29, 0.717) is 33.9 Å². The van der Waals surface area contributed by atoms with Crippen LogP contribution in [0.25, 0.3) is 11.3 Å². The maximum absolute atomic E-state index is 9.42. The van der Waals surface area contributed by atoms with Crippen molar-refractivity contribution in [3.8, 4) is 17.6 Å². The first-order valence-electron chi connectivity index (χ1n) is 6.24. The van der Waals surface area contributed by atoms with Crippen molar-refractivity contribution in [2.24, 2.45) is 5.73 Å². The molecule has 2 rings (SSSR count). The van der Waals surface area contributed by atoms with Gasteiger partial charge in [0.15, 0.2) is 0 Å². The topological polar surface area (TPSA) is 81.2 Å². The molecule has 5 heteroatoms. The molecular weight excluding hydrogens is 266 g/mol. The lowest BCUT2D eigenvalue weighted by molar-refractivity contribution is 0.402. The Morgan fingerprint density at radius 2 is 1.86 bits per heavy atom. The Labute approximate surface area is 123 Å². The Hall–Kier alpha value is -3.00. The number of nitriles is 1. The lowest BCUT2D eigenvalue weighted by atomic mass is 10.0. The van der Waals surface area contributed by atoms with Gasteiger partial charge in [-0.1, -0.05) is 0 Å². The van der Waals surface area contributed by atoms with Crippen molar-refractivity contribution >= 4 is 11.3 Å². The number of pyridine rings is 1. The van der Waals surface area contributed by atoms with Gasteiger partial charge in [0.25, 0.3) is 0 Å². The van der Waals surface area contributed by atoms with Crippen molar-refractivity contribution < 1.29 is 9.47 Å². The van der Waals surface area contributed by atoms with Crippen LogP contribution in [0.1, 0.15) is 11.1 Å². The molecule has 0 saturated carbocycles. The Balaban J connectivity index is 2.63. The Morgan fingerprint density at radius 3 is 2.43 bits per heavy atom. The molecule has 1 heterocycles. The minimum Gasteiger partial charge on any atom is -0.497 e. The summed E-state index contributed by atoms with van der Waals surface area (Å²) >= 11 is 0. The Morgan fingerprint density at radius 1 is 1.14 bits per heavy atom. The van der Waals surface area contributed by atoms with Crippen LogP contribution in [0.15, 0.2) is 42.7 Å². The molecule has 1 aromatic carbocycles. The fraction of sp³-hybridized carbons (Fsp3) is 0.125. The molecule has 5 nitrogen and oxygen atoms in total. The minimum absolute atomic E-state index is 0.333. The Bertz CT molecular complexity index is 703. The summed E-state index contributed by atoms with van der Waals surface area (Å²) in [4.78, 5) is 3.94. The van der Waals surface area contributed by atoms with E-state index in [0.717, 1.165) is 0 Å². The van der Waals surface area contributed by atoms with Crippen LogP contribution in [0.5, 0.6) is 11.5 Å². The molecule has 0 bridgehead atoms. The second-order valence-electron chi connectivity index (χ2n) is 4.20. The van der Waals surface area contributed by atoms with E-state index in [-0.39, 0.29) is 0 Å². The normalized spacial score (nSPS) is 11.3. The number of aromatic nitrogens is 1. The summed E-state index contributed by atoms with van der Waals surface area (Å²) in [6.07, 6.45) is 3.23. The summed E-state index contributed by atoms with van der Waals surface area (Å²) in [5, 5.41) is 9.42. The van der Waals surface area contributed by atoms with Gasteiger partial charge < -0.3 is 15.2 Å². The maximum atomic E-state index is 9.42. The molecule has 0 aliphatic carbocycles. The molecule has 0 unspecified atom stereocenters. The molecule has 0 aliphatic heterocycles. The number of methoxy groups -OCH3 is 2. The zero-order chi connectivity index (χ0) is 15.2. The Kier molecular flexibility index (Phi) is 4.42. The van der Waals surface area contributed by atoms with Crippen LogP contribution in [0, 0.1) is 11.3 Å². The number of benzene rings is 1. The number of nitrogens with zero attached hydrogens (tertiary/aromatic N) is 2. The molecule has 1 aromatic heterocycles. The molecule has 0 aliphatic rings. The highest BCUT2D eigenvalue weighted by Crippen LogP contribution is 2.31. The number of allylic oxidation sites excluding steroid dienone is 1. The van der Waals surface area contributed by atoms with Gasteiger partial charge in [0.1, 0.15) is 17.6 Å². The average molecular weight is 281 g/mol. The van der Waals surface area contributed by atoms with E-state index in [4.69, 9.17) is 15.2 Å². The summed E-state index contributed by atoms with van der Waals surface area (Å²) in [5.41, 5.74) is 8.20. The van der Waals surface area contributed by atoms with Gasteiger partial charge in [0.05, 0.1) is 25.5 Å². The molecule has 21 heavy (non-hydrogen) atoms. The van der Waals surface area contributed by atoms with Gasteiger partial charge in [0, 0.05) is 18.0 Å². The monoisotopic (exact) mass is 281 g/mol. The number of hydrogen-bond donors (Lipinski definition) is 1. The van der Waals surface area contributed by atoms with Gasteiger partial charge in [-0.05, 0) is 35.9 Å². The summed E-state index contributed by atoms with van der Waals surface area (Å²) in [6, 6.07) is 10.9. The van der Waals surface area contributed by atoms with Crippen LogP contribution in [0.3, 0.4) is 0 Å². The maximum Gasteiger partial charge on any atom is 0.128 e. The van der Waals surface area contributed by atoms with Crippen LogP contribution in [-0.4, -0.2) is 19.2 Å². The van der Waals surface area contributed by atoms with Gasteiger partial charge in [-0.25, -0.2) is 0 Å². The van der Waals surface area contributed by atoms with Crippen molar-refractivity contribution in [3.05, 3.63) is 53.9 Å². The summed E-state index contributed by atoms with van der Waals surface area (Å²) in [5.74, 6) is 1.22. The third kappa shape index (κ3) is 2.95. The molecule has 2 N–H and O–H groups in total. The van der Waals surface area contributed by atoms with E-state index in [2.05, 4.69) is 11.1 Å². The highest BCUT2D eigenvalue weighted by molar-refractivity contribution is 5.97. The van der Waals surface area contributed by atoms with E-state index in [1.54, 1.807) is 56.9 Å². The van der Waals surface area contributed by atoms with Crippen molar-refractivity contribution in [3.63, 3.8) is 0 Å². The fourth-order valence-electron chi connectivity index (χ4n) is 1.96. The van der Waals surface area contributed by atoms with E-state index in [1.165, 1.54) is 0 Å². The average Bonchev–Trinajstić information content (AvgIpc) is 2.55. The third-order valence-corrected chi connectivity index (χ3v) is 3.05. The quantitative estimate of drug-likeness (QED) is 0.870. The second-order valence-corrected chi connectivity index (χ2v) is 4.20. The molecule has 0 fully saturated rings. The lowest BCUT2D eigenvalue weighted by Gasteiger charge is -2.12. The van der Waals surface area contributed by atoms with E-state index >= 15 is 0 Å². The second kappa shape index (κ2) is 6.44. The van der Waals surface area contributed by atoms with Gasteiger partial charge in [-0.3, -0.25) is 4.98 Å². The number of hydrogen-bond acceptors (Lipinski definition) is 5. The molecule has 0 radical (unpaired) electrons. The van der Waals surface area contributed by atoms with Crippen LogP contribution in [-0.2, 0) is 0 Å². The van der Waals surface area contributed by atoms with E-state index < -0.39 is 0 Å². The zero-order valence-corrected chi connectivity index (χ0v) is 11.8. The van der Waals surface area contributed by atoms with Gasteiger partial charge in [0.2, 0.25) is 0 Å². The van der Waals surface area contributed by atoms with Crippen molar-refractivity contribution in [1.82, 2.24) is 4.98 Å². The standard InChI is InChI=1S/C16H15N3O2/c1-20-12-3-4-15(21-2)13(9-12)16(18)14(10-17)11-5-7-19-8-6-11/h3-9H,18H2,1-2H3/b16-14+. The van der Waals surface area contributed by atoms with Crippen LogP contribution in [0.4, 0.5) is 0 Å². The van der Waals surface area contributed by atoms with Crippen LogP contribution < -0.4 is 15.2 Å². The van der Waals surface area contributed by atoms with Crippen molar-refractivity contribution in [1.29, 1.82) is 5.26 Å². The zero-order valence-electron chi connectivity index (χ0n) is 11.8. The first-order valence-corrected chi connectivity index (χ1v) is 6.24. The molecule has 0 amide bonds. The van der Waals surface area contributed by atoms with Crippen molar-refractivity contribution in [2.75, 3.05) is 14.2 Å². The molecule has 0 atom stereocenters. The molecular formula is C16H15N3O2. The predicted octanol–water partition coefficient (Wildman–Crippen LogP) is 2.45. The van der Waals surface area contributed by atoms with E-state index in [1.807, 2.05) is 0 Å². The molecule has 0 saturated heterocycles. The lowest BCUT2D eigenvalue weighted by Crippen LogP contribution is -2.03. The SMILES string of the molecule is COc1ccc(OC)c(/C(N)=C(/C#N)c2ccncc2)c1. The third-order valence-electron chi connectivity index (χ3n) is 3.05. The predicted molar refractivity (Wildman–Crippen MR) is 80.4 cm³/mol. The first-order chi connectivity index (χ1) is 10.2. The van der Waals surface area contributed by atoms with Gasteiger partial charge in [-0.2, -0.15) is 5.26 Å². The smallest absolute Gasteiger partial charge is 0.128 e. The van der Waals surface area contributed by atoms with E-state index in [9.17, 15) is 5.26 Å². The van der Waals surface area contributed by atoms with Crippen molar-refractivity contribution in [2.45, 2.75) is 0 Å². The molecule has 2 aromatic rings. The largest absolute Gasteiger partial charge is 0.497 e. The van der Waals surface area contributed by atoms with Crippen LogP contribution >= 0.6 is 0 Å². The molecule has 0 spiro atoms. The highest BCUT2D eigenvalue weighted by atomic mass is 16.5. The fourth-order valence-corrected chi connectivity index (χ4v) is 1.96. The molecule has 106 valence electrons. The number of rotatable bonds is 4. The summed E-state index contributed by atoms with van der Waals surface area (Å²) in [6.45, 7) is 0. The van der Waals surface area contributed by atoms with Crippen LogP contribution in [0.2, 0.25) is 0 Å². The number of nitrogens with two attached hydrogens (primary N) is 1. The highest BCUT2D eigenvalue weighted by Gasteiger charge is 2.13. The number of ether oxygens (including phenoxy) is 2. The summed E-state index contributed by atoms with van der Waals surface area (Å²) < 4.78 is 10.5. The minimum atomic E-state index is 0.333. The van der Waals surface area contributed by atoms with Gasteiger partial charge in [-0.15, -0.1) is 0 Å².